The number of benzene rings is 2. The molecule has 0 aliphatic rings. The molecule has 0 bridgehead atoms. The Labute approximate surface area is 145 Å². The van der Waals surface area contributed by atoms with Crippen LogP contribution in [-0.2, 0) is 11.2 Å². The summed E-state index contributed by atoms with van der Waals surface area (Å²) in [6, 6.07) is 15.5. The van der Waals surface area contributed by atoms with Crippen molar-refractivity contribution in [3.63, 3.8) is 0 Å². The van der Waals surface area contributed by atoms with Gasteiger partial charge in [0.2, 0.25) is 0 Å². The number of carboxylic acid groups (broad SMARTS) is 1. The van der Waals surface area contributed by atoms with Crippen molar-refractivity contribution in [2.24, 2.45) is 0 Å². The number of methoxy groups -OCH3 is 1. The molecule has 0 spiro atoms. The van der Waals surface area contributed by atoms with Crippen molar-refractivity contribution in [2.45, 2.75) is 6.42 Å². The van der Waals surface area contributed by atoms with Gasteiger partial charge in [0, 0.05) is 18.1 Å². The summed E-state index contributed by atoms with van der Waals surface area (Å²) in [6.45, 7) is 0. The Hall–Kier alpha value is -3.34. The van der Waals surface area contributed by atoms with E-state index in [4.69, 9.17) is 9.84 Å². The number of nitrogens with one attached hydrogen (secondary N) is 1. The Balaban J connectivity index is 1.71. The fourth-order valence-electron chi connectivity index (χ4n) is 2.50. The number of imidazole rings is 1. The summed E-state index contributed by atoms with van der Waals surface area (Å²) in [4.78, 5) is 18.3. The maximum Gasteiger partial charge on any atom is 0.328 e. The first kappa shape index (κ1) is 16.5. The number of rotatable bonds is 6. The molecular formula is C20H18N2O3. The van der Waals surface area contributed by atoms with Gasteiger partial charge in [-0.05, 0) is 29.3 Å². The van der Waals surface area contributed by atoms with Crippen LogP contribution in [0.25, 0.3) is 17.3 Å². The third kappa shape index (κ3) is 4.35. The number of carbonyl (C=O) groups is 1. The number of aromatic amines is 1. The number of nitrogens with zero attached hydrogens (tertiary/aromatic N) is 1. The van der Waals surface area contributed by atoms with E-state index in [0.717, 1.165) is 40.0 Å². The fourth-order valence-corrected chi connectivity index (χ4v) is 2.50. The van der Waals surface area contributed by atoms with Crippen molar-refractivity contribution in [1.82, 2.24) is 9.97 Å². The molecule has 0 aliphatic carbocycles. The molecule has 0 radical (unpaired) electrons. The Bertz CT molecular complexity index is 895. The van der Waals surface area contributed by atoms with Crippen LogP contribution in [0.3, 0.4) is 0 Å². The van der Waals surface area contributed by atoms with Crippen molar-refractivity contribution < 1.29 is 14.6 Å². The van der Waals surface area contributed by atoms with E-state index in [9.17, 15) is 4.79 Å². The van der Waals surface area contributed by atoms with E-state index in [1.807, 2.05) is 54.7 Å². The lowest BCUT2D eigenvalue weighted by Crippen LogP contribution is -1.91. The topological polar surface area (TPSA) is 75.2 Å². The van der Waals surface area contributed by atoms with Crippen molar-refractivity contribution >= 4 is 12.0 Å². The molecule has 0 fully saturated rings. The zero-order valence-electron chi connectivity index (χ0n) is 13.8. The van der Waals surface area contributed by atoms with Gasteiger partial charge >= 0.3 is 5.97 Å². The number of hydrogen-bond acceptors (Lipinski definition) is 3. The molecule has 0 atom stereocenters. The van der Waals surface area contributed by atoms with Gasteiger partial charge in [-0.2, -0.15) is 0 Å². The average Bonchev–Trinajstić information content (AvgIpc) is 3.09. The second-order valence-corrected chi connectivity index (χ2v) is 5.57. The number of carboxylic acids is 1. The van der Waals surface area contributed by atoms with Gasteiger partial charge in [0.05, 0.1) is 19.0 Å². The molecule has 0 saturated carbocycles. The first-order chi connectivity index (χ1) is 12.1. The van der Waals surface area contributed by atoms with Crippen LogP contribution >= 0.6 is 0 Å². The van der Waals surface area contributed by atoms with Crippen molar-refractivity contribution in [3.05, 3.63) is 77.8 Å². The molecule has 1 aromatic heterocycles. The normalized spacial score (nSPS) is 10.9. The van der Waals surface area contributed by atoms with E-state index in [-0.39, 0.29) is 0 Å². The lowest BCUT2D eigenvalue weighted by atomic mass is 10.1. The quantitative estimate of drug-likeness (QED) is 0.673. The first-order valence-electron chi connectivity index (χ1n) is 7.82. The van der Waals surface area contributed by atoms with Crippen LogP contribution in [0.5, 0.6) is 5.75 Å². The summed E-state index contributed by atoms with van der Waals surface area (Å²) in [5, 5.41) is 8.65. The van der Waals surface area contributed by atoms with E-state index < -0.39 is 5.97 Å². The average molecular weight is 334 g/mol. The van der Waals surface area contributed by atoms with Crippen molar-refractivity contribution in [1.29, 1.82) is 0 Å². The zero-order chi connectivity index (χ0) is 17.6. The number of H-pyrrole nitrogens is 1. The number of ether oxygens (including phenoxy) is 1. The second-order valence-electron chi connectivity index (χ2n) is 5.57. The molecule has 2 aromatic carbocycles. The molecule has 0 unspecified atom stereocenters. The summed E-state index contributed by atoms with van der Waals surface area (Å²) in [5.74, 6) is 0.718. The van der Waals surface area contributed by atoms with Crippen molar-refractivity contribution in [3.8, 4) is 17.0 Å². The van der Waals surface area contributed by atoms with Gasteiger partial charge in [0.25, 0.3) is 0 Å². The van der Waals surface area contributed by atoms with E-state index in [0.29, 0.717) is 6.42 Å². The third-order valence-electron chi connectivity index (χ3n) is 3.78. The van der Waals surface area contributed by atoms with Crippen LogP contribution < -0.4 is 4.74 Å². The Morgan fingerprint density at radius 2 is 2.04 bits per heavy atom. The van der Waals surface area contributed by atoms with Gasteiger partial charge in [0.15, 0.2) is 0 Å². The summed E-state index contributed by atoms with van der Waals surface area (Å²) in [7, 11) is 1.65. The van der Waals surface area contributed by atoms with Gasteiger partial charge < -0.3 is 14.8 Å². The number of aromatic nitrogens is 2. The summed E-state index contributed by atoms with van der Waals surface area (Å²) in [5.41, 5.74) is 3.91. The Kier molecular flexibility index (Phi) is 4.95. The van der Waals surface area contributed by atoms with Gasteiger partial charge in [-0.3, -0.25) is 0 Å². The van der Waals surface area contributed by atoms with Crippen LogP contribution in [0.2, 0.25) is 0 Å². The van der Waals surface area contributed by atoms with Crippen LogP contribution in [0.4, 0.5) is 0 Å². The minimum absolute atomic E-state index is 0.674. The standard InChI is InChI=1S/C20H18N2O3/c1-25-17-4-2-3-16(12-17)18-13-21-19(22-18)11-15-7-5-14(6-8-15)9-10-20(23)24/h2-10,12-13H,11H2,1H3,(H,21,22)(H,23,24). The van der Waals surface area contributed by atoms with Gasteiger partial charge in [0.1, 0.15) is 11.6 Å². The fraction of sp³-hybridized carbons (Fsp3) is 0.100. The SMILES string of the molecule is COc1cccc(-c2cnc(Cc3ccc(C=CC(=O)O)cc3)[nH]2)c1. The van der Waals surface area contributed by atoms with Gasteiger partial charge in [-0.1, -0.05) is 36.4 Å². The van der Waals surface area contributed by atoms with E-state index in [1.54, 1.807) is 13.2 Å². The molecule has 3 aromatic rings. The molecule has 2 N–H and O–H groups in total. The van der Waals surface area contributed by atoms with Crippen molar-refractivity contribution in [2.75, 3.05) is 7.11 Å². The Morgan fingerprint density at radius 3 is 2.76 bits per heavy atom. The predicted octanol–water partition coefficient (Wildman–Crippen LogP) is 3.77. The number of aliphatic carboxylic acids is 1. The second kappa shape index (κ2) is 7.49. The smallest absolute Gasteiger partial charge is 0.328 e. The maximum atomic E-state index is 10.5. The molecule has 3 rings (SSSR count). The molecule has 25 heavy (non-hydrogen) atoms. The van der Waals surface area contributed by atoms with E-state index in [1.165, 1.54) is 0 Å². The monoisotopic (exact) mass is 334 g/mol. The predicted molar refractivity (Wildman–Crippen MR) is 96.5 cm³/mol. The highest BCUT2D eigenvalue weighted by atomic mass is 16.5. The minimum atomic E-state index is -0.954. The molecule has 0 amide bonds. The molecule has 5 heteroatoms. The number of hydrogen-bond donors (Lipinski definition) is 2. The molecule has 1 heterocycles. The highest BCUT2D eigenvalue weighted by Gasteiger charge is 2.05. The summed E-state index contributed by atoms with van der Waals surface area (Å²) >= 11 is 0. The van der Waals surface area contributed by atoms with E-state index in [2.05, 4.69) is 9.97 Å². The van der Waals surface area contributed by atoms with Crippen LogP contribution in [0.1, 0.15) is 17.0 Å². The lowest BCUT2D eigenvalue weighted by Gasteiger charge is -2.02. The zero-order valence-corrected chi connectivity index (χ0v) is 13.8. The molecule has 0 aliphatic heterocycles. The lowest BCUT2D eigenvalue weighted by molar-refractivity contribution is -0.131. The van der Waals surface area contributed by atoms with Gasteiger partial charge in [-0.15, -0.1) is 0 Å². The minimum Gasteiger partial charge on any atom is -0.497 e. The highest BCUT2D eigenvalue weighted by molar-refractivity contribution is 5.85. The first-order valence-corrected chi connectivity index (χ1v) is 7.82. The maximum absolute atomic E-state index is 10.5. The largest absolute Gasteiger partial charge is 0.497 e. The highest BCUT2D eigenvalue weighted by Crippen LogP contribution is 2.22. The molecule has 126 valence electrons. The molecule has 0 saturated heterocycles. The molecular weight excluding hydrogens is 316 g/mol. The van der Waals surface area contributed by atoms with Crippen LogP contribution in [0.15, 0.2) is 60.8 Å². The van der Waals surface area contributed by atoms with Crippen LogP contribution in [-0.4, -0.2) is 28.2 Å². The third-order valence-corrected chi connectivity index (χ3v) is 3.78. The van der Waals surface area contributed by atoms with Gasteiger partial charge in [-0.25, -0.2) is 9.78 Å². The summed E-state index contributed by atoms with van der Waals surface area (Å²) in [6.07, 6.45) is 5.18. The molecule has 5 nitrogen and oxygen atoms in total. The van der Waals surface area contributed by atoms with Crippen LogP contribution in [0, 0.1) is 0 Å². The summed E-state index contributed by atoms with van der Waals surface area (Å²) < 4.78 is 5.25. The Morgan fingerprint density at radius 1 is 1.24 bits per heavy atom. The van der Waals surface area contributed by atoms with E-state index >= 15 is 0 Å².